The second kappa shape index (κ2) is 7.04. The van der Waals surface area contributed by atoms with Crippen molar-refractivity contribution in [2.75, 3.05) is 5.32 Å². The van der Waals surface area contributed by atoms with Gasteiger partial charge >= 0.3 is 0 Å². The van der Waals surface area contributed by atoms with Gasteiger partial charge in [-0.15, -0.1) is 12.4 Å². The van der Waals surface area contributed by atoms with Crippen LogP contribution in [0.15, 0.2) is 54.6 Å². The molecule has 0 saturated heterocycles. The molecule has 2 rings (SSSR count). The summed E-state index contributed by atoms with van der Waals surface area (Å²) in [5, 5.41) is 3.39. The summed E-state index contributed by atoms with van der Waals surface area (Å²) in [5.41, 5.74) is 9.38. The average Bonchev–Trinajstić information content (AvgIpc) is 2.38. The van der Waals surface area contributed by atoms with Gasteiger partial charge in [0, 0.05) is 18.3 Å². The molecule has 0 heterocycles. The highest BCUT2D eigenvalue weighted by Crippen LogP contribution is 2.14. The van der Waals surface area contributed by atoms with Crippen LogP contribution >= 0.6 is 12.4 Å². The molecule has 2 aromatic rings. The third kappa shape index (κ3) is 4.06. The Bertz CT molecular complexity index is 452. The highest BCUT2D eigenvalue weighted by molar-refractivity contribution is 5.85. The molecule has 96 valence electrons. The Kier molecular flexibility index (Phi) is 5.69. The summed E-state index contributed by atoms with van der Waals surface area (Å²) in [7, 11) is 0. The monoisotopic (exact) mass is 262 g/mol. The molecule has 2 aromatic carbocycles. The van der Waals surface area contributed by atoms with Crippen LogP contribution in [0.25, 0.3) is 0 Å². The van der Waals surface area contributed by atoms with Crippen molar-refractivity contribution in [3.05, 3.63) is 65.7 Å². The van der Waals surface area contributed by atoms with Crippen molar-refractivity contribution in [2.45, 2.75) is 19.5 Å². The zero-order chi connectivity index (χ0) is 12.1. The average molecular weight is 263 g/mol. The lowest BCUT2D eigenvalue weighted by Crippen LogP contribution is -2.05. The predicted octanol–water partition coefficient (Wildman–Crippen LogP) is 3.74. The van der Waals surface area contributed by atoms with E-state index in [9.17, 15) is 0 Å². The third-order valence-corrected chi connectivity index (χ3v) is 2.78. The normalized spacial score (nSPS) is 11.4. The zero-order valence-corrected chi connectivity index (χ0v) is 11.3. The number of nitrogens with one attached hydrogen (secondary N) is 1. The molecule has 0 radical (unpaired) electrons. The van der Waals surface area contributed by atoms with Gasteiger partial charge in [0.1, 0.15) is 0 Å². The van der Waals surface area contributed by atoms with Gasteiger partial charge in [-0.3, -0.25) is 0 Å². The Morgan fingerprint density at radius 3 is 2.17 bits per heavy atom. The molecule has 0 amide bonds. The minimum absolute atomic E-state index is 0. The van der Waals surface area contributed by atoms with Crippen LogP contribution in [0.5, 0.6) is 0 Å². The highest BCUT2D eigenvalue weighted by atomic mass is 35.5. The van der Waals surface area contributed by atoms with Gasteiger partial charge in [-0.25, -0.2) is 0 Å². The maximum atomic E-state index is 5.81. The van der Waals surface area contributed by atoms with Crippen molar-refractivity contribution in [3.8, 4) is 0 Å². The first kappa shape index (κ1) is 14.6. The van der Waals surface area contributed by atoms with E-state index in [0.29, 0.717) is 0 Å². The molecule has 0 aliphatic heterocycles. The first-order valence-corrected chi connectivity index (χ1v) is 5.89. The number of rotatable bonds is 4. The Morgan fingerprint density at radius 2 is 1.61 bits per heavy atom. The van der Waals surface area contributed by atoms with Crippen molar-refractivity contribution < 1.29 is 0 Å². The largest absolute Gasteiger partial charge is 0.381 e. The van der Waals surface area contributed by atoms with Crippen molar-refractivity contribution in [1.82, 2.24) is 0 Å². The summed E-state index contributed by atoms with van der Waals surface area (Å²) < 4.78 is 0. The van der Waals surface area contributed by atoms with Crippen molar-refractivity contribution in [3.63, 3.8) is 0 Å². The highest BCUT2D eigenvalue weighted by Gasteiger charge is 1.98. The smallest absolute Gasteiger partial charge is 0.0400 e. The van der Waals surface area contributed by atoms with E-state index in [1.165, 1.54) is 5.56 Å². The Balaban J connectivity index is 0.00000162. The van der Waals surface area contributed by atoms with Gasteiger partial charge < -0.3 is 11.1 Å². The topological polar surface area (TPSA) is 38.0 Å². The van der Waals surface area contributed by atoms with E-state index in [1.807, 2.05) is 13.0 Å². The number of hydrogen-bond acceptors (Lipinski definition) is 2. The van der Waals surface area contributed by atoms with Gasteiger partial charge in [-0.1, -0.05) is 42.5 Å². The minimum atomic E-state index is 0. The number of halogens is 1. The fourth-order valence-corrected chi connectivity index (χ4v) is 1.70. The molecule has 0 aliphatic rings. The van der Waals surface area contributed by atoms with Crippen LogP contribution in [0.4, 0.5) is 5.69 Å². The first-order chi connectivity index (χ1) is 8.25. The molecule has 1 atom stereocenters. The van der Waals surface area contributed by atoms with Gasteiger partial charge in [0.2, 0.25) is 0 Å². The van der Waals surface area contributed by atoms with Gasteiger partial charge in [-0.2, -0.15) is 0 Å². The Labute approximate surface area is 115 Å². The van der Waals surface area contributed by atoms with E-state index in [1.54, 1.807) is 0 Å². The second-order valence-corrected chi connectivity index (χ2v) is 4.25. The van der Waals surface area contributed by atoms with Crippen LogP contribution in [0.2, 0.25) is 0 Å². The van der Waals surface area contributed by atoms with E-state index in [-0.39, 0.29) is 18.4 Å². The zero-order valence-electron chi connectivity index (χ0n) is 10.5. The van der Waals surface area contributed by atoms with Crippen molar-refractivity contribution >= 4 is 18.1 Å². The molecule has 0 saturated carbocycles. The summed E-state index contributed by atoms with van der Waals surface area (Å²) in [5.74, 6) is 0. The molecule has 0 spiro atoms. The third-order valence-electron chi connectivity index (χ3n) is 2.78. The van der Waals surface area contributed by atoms with E-state index < -0.39 is 0 Å². The summed E-state index contributed by atoms with van der Waals surface area (Å²) in [6.45, 7) is 2.84. The summed E-state index contributed by atoms with van der Waals surface area (Å²) in [4.78, 5) is 0. The van der Waals surface area contributed by atoms with E-state index in [0.717, 1.165) is 17.8 Å². The fraction of sp³-hybridized carbons (Fsp3) is 0.200. The van der Waals surface area contributed by atoms with Gasteiger partial charge in [0.15, 0.2) is 0 Å². The summed E-state index contributed by atoms with van der Waals surface area (Å²) in [6, 6.07) is 18.7. The van der Waals surface area contributed by atoms with Gasteiger partial charge in [0.25, 0.3) is 0 Å². The molecule has 0 aliphatic carbocycles. The second-order valence-electron chi connectivity index (χ2n) is 4.25. The summed E-state index contributed by atoms with van der Waals surface area (Å²) in [6.07, 6.45) is 0. The molecule has 0 aromatic heterocycles. The molecule has 3 heteroatoms. The fourth-order valence-electron chi connectivity index (χ4n) is 1.70. The molecular formula is C15H19ClN2. The number of anilines is 1. The minimum Gasteiger partial charge on any atom is -0.381 e. The number of nitrogens with two attached hydrogens (primary N) is 1. The van der Waals surface area contributed by atoms with E-state index >= 15 is 0 Å². The van der Waals surface area contributed by atoms with Gasteiger partial charge in [0.05, 0.1) is 0 Å². The number of benzene rings is 2. The van der Waals surface area contributed by atoms with Crippen LogP contribution in [-0.2, 0) is 6.54 Å². The lowest BCUT2D eigenvalue weighted by molar-refractivity contribution is 0.818. The number of hydrogen-bond donors (Lipinski definition) is 2. The molecule has 0 fully saturated rings. The Hall–Kier alpha value is -1.51. The molecule has 3 N–H and O–H groups in total. The maximum absolute atomic E-state index is 5.81. The molecule has 2 nitrogen and oxygen atoms in total. The molecule has 0 unspecified atom stereocenters. The SMILES string of the molecule is C[C@H](N)c1ccc(NCc2ccccc2)cc1.Cl. The quantitative estimate of drug-likeness (QED) is 0.881. The van der Waals surface area contributed by atoms with Crippen LogP contribution < -0.4 is 11.1 Å². The Morgan fingerprint density at radius 1 is 1.00 bits per heavy atom. The van der Waals surface area contributed by atoms with Gasteiger partial charge in [-0.05, 0) is 30.2 Å². The van der Waals surface area contributed by atoms with Crippen molar-refractivity contribution in [2.24, 2.45) is 5.73 Å². The maximum Gasteiger partial charge on any atom is 0.0400 e. The first-order valence-electron chi connectivity index (χ1n) is 5.89. The van der Waals surface area contributed by atoms with Crippen LogP contribution in [0.3, 0.4) is 0 Å². The lowest BCUT2D eigenvalue weighted by Gasteiger charge is -2.09. The van der Waals surface area contributed by atoms with Crippen molar-refractivity contribution in [1.29, 1.82) is 0 Å². The van der Waals surface area contributed by atoms with Crippen LogP contribution in [0, 0.1) is 0 Å². The lowest BCUT2D eigenvalue weighted by atomic mass is 10.1. The van der Waals surface area contributed by atoms with Crippen LogP contribution in [-0.4, -0.2) is 0 Å². The summed E-state index contributed by atoms with van der Waals surface area (Å²) >= 11 is 0. The molecule has 18 heavy (non-hydrogen) atoms. The molecular weight excluding hydrogens is 244 g/mol. The van der Waals surface area contributed by atoms with E-state index in [2.05, 4.69) is 53.8 Å². The van der Waals surface area contributed by atoms with Crippen LogP contribution in [0.1, 0.15) is 24.1 Å². The van der Waals surface area contributed by atoms with E-state index in [4.69, 9.17) is 5.73 Å². The standard InChI is InChI=1S/C15H18N2.ClH/c1-12(16)14-7-9-15(10-8-14)17-11-13-5-3-2-4-6-13;/h2-10,12,17H,11,16H2,1H3;1H/t12-;/m0./s1. The predicted molar refractivity (Wildman–Crippen MR) is 80.1 cm³/mol. The molecule has 0 bridgehead atoms.